The van der Waals surface area contributed by atoms with Gasteiger partial charge in [-0.2, -0.15) is 0 Å². The van der Waals surface area contributed by atoms with Gasteiger partial charge in [-0.3, -0.25) is 10.1 Å². The zero-order valence-electron chi connectivity index (χ0n) is 5.93. The van der Waals surface area contributed by atoms with Crippen LogP contribution in [0.5, 0.6) is 5.75 Å². The summed E-state index contributed by atoms with van der Waals surface area (Å²) in [4.78, 5) is 9.65. The van der Waals surface area contributed by atoms with Gasteiger partial charge in [0.05, 0.1) is 4.92 Å². The average molecular weight is 164 g/mol. The Kier molecular flexibility index (Phi) is 2.23. The molecule has 1 rings (SSSR count). The minimum atomic E-state index is -0.518. The molecule has 0 aromatic heterocycles. The van der Waals surface area contributed by atoms with Gasteiger partial charge in [-0.1, -0.05) is 0 Å². The normalized spacial score (nSPS) is 8.58. The number of non-ortho nitro benzene ring substituents is 1. The zero-order chi connectivity index (χ0) is 8.97. The maximum atomic E-state index is 10.2. The maximum absolute atomic E-state index is 10.2. The highest BCUT2D eigenvalue weighted by Gasteiger charge is 2.03. The number of hydrogen-bond donors (Lipinski definition) is 0. The minimum absolute atomic E-state index is 0.0275. The molecule has 12 heavy (non-hydrogen) atoms. The van der Waals surface area contributed by atoms with E-state index in [0.717, 1.165) is 0 Å². The molecule has 0 aliphatic heterocycles. The molecule has 0 radical (unpaired) electrons. The van der Waals surface area contributed by atoms with E-state index in [1.807, 2.05) is 0 Å². The minimum Gasteiger partial charge on any atom is -0.388 e. The first-order valence-corrected chi connectivity index (χ1v) is 3.04. The van der Waals surface area contributed by atoms with Crippen LogP contribution >= 0.6 is 0 Å². The molecule has 0 heterocycles. The van der Waals surface area contributed by atoms with Crippen LogP contribution < -0.4 is 4.74 Å². The molecule has 5 heteroatoms. The second-order valence-electron chi connectivity index (χ2n) is 1.94. The van der Waals surface area contributed by atoms with Gasteiger partial charge in [0.2, 0.25) is 0 Å². The first-order valence-electron chi connectivity index (χ1n) is 3.04. The molecule has 0 spiro atoms. The van der Waals surface area contributed by atoms with Crippen LogP contribution in [0.1, 0.15) is 0 Å². The molecule has 0 unspecified atom stereocenters. The molecule has 0 N–H and O–H groups in total. The van der Waals surface area contributed by atoms with Gasteiger partial charge in [0.15, 0.2) is 0 Å². The first kappa shape index (κ1) is 8.01. The molecule has 0 saturated carbocycles. The lowest BCUT2D eigenvalue weighted by molar-refractivity contribution is -0.384. The summed E-state index contributed by atoms with van der Waals surface area (Å²) in [6, 6.07) is 5.27. The third kappa shape index (κ3) is 1.70. The number of hydrogen-bond acceptors (Lipinski definition) is 4. The Balaban J connectivity index is 2.87. The van der Waals surface area contributed by atoms with Crippen molar-refractivity contribution in [2.45, 2.75) is 0 Å². The average Bonchev–Trinajstić information content (AvgIpc) is 2.06. The molecule has 0 amide bonds. The molecular formula is C7H4N2O3. The van der Waals surface area contributed by atoms with E-state index in [2.05, 4.69) is 4.74 Å². The second kappa shape index (κ2) is 3.34. The molecule has 0 aliphatic rings. The van der Waals surface area contributed by atoms with E-state index >= 15 is 0 Å². The van der Waals surface area contributed by atoms with Crippen molar-refractivity contribution >= 4 is 5.69 Å². The van der Waals surface area contributed by atoms with Crippen LogP contribution in [0, 0.1) is 21.6 Å². The van der Waals surface area contributed by atoms with Crippen molar-refractivity contribution in [1.29, 1.82) is 5.26 Å². The number of benzene rings is 1. The summed E-state index contributed by atoms with van der Waals surface area (Å²) in [5.41, 5.74) is -0.0275. The molecule has 0 atom stereocenters. The summed E-state index contributed by atoms with van der Waals surface area (Å²) in [7, 11) is 0. The van der Waals surface area contributed by atoms with Gasteiger partial charge in [0, 0.05) is 12.1 Å². The molecular weight excluding hydrogens is 160 g/mol. The van der Waals surface area contributed by atoms with E-state index in [9.17, 15) is 10.1 Å². The van der Waals surface area contributed by atoms with Gasteiger partial charge >= 0.3 is 0 Å². The van der Waals surface area contributed by atoms with Crippen molar-refractivity contribution in [1.82, 2.24) is 0 Å². The van der Waals surface area contributed by atoms with Crippen molar-refractivity contribution in [3.8, 4) is 12.0 Å². The fourth-order valence-electron chi connectivity index (χ4n) is 0.689. The van der Waals surface area contributed by atoms with Crippen LogP contribution in [0.15, 0.2) is 24.3 Å². The molecule has 1 aromatic carbocycles. The van der Waals surface area contributed by atoms with Crippen molar-refractivity contribution in [3.63, 3.8) is 0 Å². The quantitative estimate of drug-likeness (QED) is 0.376. The van der Waals surface area contributed by atoms with Crippen molar-refractivity contribution in [2.24, 2.45) is 0 Å². The number of nitrogens with zero attached hydrogens (tertiary/aromatic N) is 2. The second-order valence-corrected chi connectivity index (χ2v) is 1.94. The van der Waals surface area contributed by atoms with E-state index in [-0.39, 0.29) is 5.69 Å². The third-order valence-corrected chi connectivity index (χ3v) is 1.21. The molecule has 0 saturated heterocycles. The lowest BCUT2D eigenvalue weighted by Crippen LogP contribution is -1.87. The van der Waals surface area contributed by atoms with E-state index in [1.165, 1.54) is 30.5 Å². The highest BCUT2D eigenvalue weighted by atomic mass is 16.6. The van der Waals surface area contributed by atoms with Crippen LogP contribution in [-0.2, 0) is 0 Å². The summed E-state index contributed by atoms with van der Waals surface area (Å²) in [6.45, 7) is 0. The predicted molar refractivity (Wildman–Crippen MR) is 39.3 cm³/mol. The number of nitro groups is 1. The molecule has 0 bridgehead atoms. The Morgan fingerprint density at radius 2 is 2.00 bits per heavy atom. The number of rotatable bonds is 2. The Bertz CT molecular complexity index is 325. The van der Waals surface area contributed by atoms with Crippen molar-refractivity contribution in [3.05, 3.63) is 34.4 Å². The van der Waals surface area contributed by atoms with Gasteiger partial charge in [0.25, 0.3) is 11.9 Å². The van der Waals surface area contributed by atoms with Gasteiger partial charge in [0.1, 0.15) is 5.75 Å². The molecule has 5 nitrogen and oxygen atoms in total. The Hall–Kier alpha value is -2.09. The maximum Gasteiger partial charge on any atom is 0.292 e. The molecule has 0 fully saturated rings. The topological polar surface area (TPSA) is 76.2 Å². The zero-order valence-corrected chi connectivity index (χ0v) is 5.93. The van der Waals surface area contributed by atoms with Crippen molar-refractivity contribution < 1.29 is 9.66 Å². The van der Waals surface area contributed by atoms with Crippen LogP contribution in [0.3, 0.4) is 0 Å². The van der Waals surface area contributed by atoms with E-state index < -0.39 is 4.92 Å². The van der Waals surface area contributed by atoms with Gasteiger partial charge < -0.3 is 4.74 Å². The van der Waals surface area contributed by atoms with E-state index in [1.54, 1.807) is 0 Å². The largest absolute Gasteiger partial charge is 0.388 e. The van der Waals surface area contributed by atoms with E-state index in [4.69, 9.17) is 5.26 Å². The SMILES string of the molecule is N#COc1ccc([N+](=O)[O-])cc1. The smallest absolute Gasteiger partial charge is 0.292 e. The highest BCUT2D eigenvalue weighted by molar-refractivity contribution is 5.36. The fourth-order valence-corrected chi connectivity index (χ4v) is 0.689. The lowest BCUT2D eigenvalue weighted by Gasteiger charge is -1.93. The predicted octanol–water partition coefficient (Wildman–Crippen LogP) is 1.45. The van der Waals surface area contributed by atoms with Crippen LogP contribution in [0.4, 0.5) is 5.69 Å². The van der Waals surface area contributed by atoms with Crippen LogP contribution in [-0.4, -0.2) is 4.92 Å². The number of nitriles is 1. The first-order chi connectivity index (χ1) is 5.74. The monoisotopic (exact) mass is 164 g/mol. The van der Waals surface area contributed by atoms with Crippen molar-refractivity contribution in [2.75, 3.05) is 0 Å². The van der Waals surface area contributed by atoms with Gasteiger partial charge in [-0.05, 0) is 12.1 Å². The highest BCUT2D eigenvalue weighted by Crippen LogP contribution is 2.16. The van der Waals surface area contributed by atoms with Gasteiger partial charge in [-0.25, -0.2) is 0 Å². The summed E-state index contributed by atoms with van der Waals surface area (Å²) in [5, 5.41) is 18.3. The molecule has 0 aliphatic carbocycles. The summed E-state index contributed by atoms with van der Waals surface area (Å²) >= 11 is 0. The lowest BCUT2D eigenvalue weighted by atomic mass is 10.3. The number of ether oxygens (including phenoxy) is 1. The van der Waals surface area contributed by atoms with E-state index in [0.29, 0.717) is 5.75 Å². The standard InChI is InChI=1S/C7H4N2O3/c8-5-12-7-3-1-6(2-4-7)9(10)11/h1-4H. The van der Waals surface area contributed by atoms with Gasteiger partial charge in [-0.15, -0.1) is 5.26 Å². The van der Waals surface area contributed by atoms with Crippen LogP contribution in [0.2, 0.25) is 0 Å². The molecule has 60 valence electrons. The summed E-state index contributed by atoms with van der Waals surface area (Å²) < 4.78 is 4.42. The summed E-state index contributed by atoms with van der Waals surface area (Å²) in [6.07, 6.45) is 1.46. The fraction of sp³-hybridized carbons (Fsp3) is 0. The van der Waals surface area contributed by atoms with Crippen LogP contribution in [0.25, 0.3) is 0 Å². The Morgan fingerprint density at radius 3 is 2.42 bits per heavy atom. The Morgan fingerprint density at radius 1 is 1.42 bits per heavy atom. The Labute approximate surface area is 68.0 Å². The summed E-state index contributed by atoms with van der Waals surface area (Å²) in [5.74, 6) is 0.295. The number of nitro benzene ring substituents is 1. The molecule has 1 aromatic rings. The third-order valence-electron chi connectivity index (χ3n) is 1.21.